The van der Waals surface area contributed by atoms with Gasteiger partial charge in [-0.3, -0.25) is 0 Å². The molecule has 0 spiro atoms. The van der Waals surface area contributed by atoms with Gasteiger partial charge in [0, 0.05) is 5.92 Å². The highest BCUT2D eigenvalue weighted by Gasteiger charge is 2.38. The Hall–Kier alpha value is -2.62. The van der Waals surface area contributed by atoms with Crippen LogP contribution in [0.5, 0.6) is 0 Å². The lowest BCUT2D eigenvalue weighted by molar-refractivity contribution is -0.662. The van der Waals surface area contributed by atoms with Gasteiger partial charge in [0.2, 0.25) is 6.20 Å². The Labute approximate surface area is 187 Å². The number of oxazole rings is 1. The quantitative estimate of drug-likeness (QED) is 0.205. The topological polar surface area (TPSA) is 52.5 Å². The molecule has 0 aliphatic carbocycles. The van der Waals surface area contributed by atoms with Crippen molar-refractivity contribution < 1.29 is 22.9 Å². The van der Waals surface area contributed by atoms with Crippen molar-refractivity contribution in [2.75, 3.05) is 6.61 Å². The number of allylic oxidation sites excluding steroid dienone is 1. The van der Waals surface area contributed by atoms with E-state index in [2.05, 4.69) is 45.7 Å². The summed E-state index contributed by atoms with van der Waals surface area (Å²) < 4.78 is 19.5. The first-order valence-electron chi connectivity index (χ1n) is 10.5. The number of hydrogen-bond acceptors (Lipinski definition) is 4. The molecule has 1 atom stereocenters. The van der Waals surface area contributed by atoms with Crippen molar-refractivity contribution in [1.82, 2.24) is 0 Å². The van der Waals surface area contributed by atoms with Crippen LogP contribution < -0.4 is 4.57 Å². The molecule has 0 aliphatic rings. The molecule has 6 heteroatoms. The first-order chi connectivity index (χ1) is 14.4. The summed E-state index contributed by atoms with van der Waals surface area (Å²) in [6, 6.07) is 9.96. The van der Waals surface area contributed by atoms with Gasteiger partial charge in [0.1, 0.15) is 13.2 Å². The van der Waals surface area contributed by atoms with E-state index in [0.29, 0.717) is 6.61 Å². The van der Waals surface area contributed by atoms with Gasteiger partial charge in [0.25, 0.3) is 0 Å². The predicted molar refractivity (Wildman–Crippen MR) is 125 cm³/mol. The average Bonchev–Trinajstić information content (AvgIpc) is 3.08. The molecule has 1 aromatic heterocycles. The number of hydrogen-bond donors (Lipinski definition) is 0. The Kier molecular flexibility index (Phi) is 8.05. The van der Waals surface area contributed by atoms with Crippen LogP contribution in [0.25, 0.3) is 17.0 Å². The average molecular weight is 441 g/mol. The lowest BCUT2D eigenvalue weighted by Gasteiger charge is -2.37. The molecule has 5 nitrogen and oxygen atoms in total. The predicted octanol–water partition coefficient (Wildman–Crippen LogP) is 5.13. The molecular weight excluding hydrogens is 406 g/mol. The van der Waals surface area contributed by atoms with E-state index < -0.39 is 20.4 Å². The van der Waals surface area contributed by atoms with Crippen LogP contribution in [0.15, 0.2) is 47.0 Å². The third-order valence-corrected chi connectivity index (χ3v) is 9.92. The van der Waals surface area contributed by atoms with Crippen LogP contribution in [0.1, 0.15) is 40.4 Å². The number of esters is 1. The van der Waals surface area contributed by atoms with Crippen molar-refractivity contribution in [2.45, 2.75) is 58.9 Å². The number of benzene rings is 1. The summed E-state index contributed by atoms with van der Waals surface area (Å²) in [5, 5.41) is 0.0101. The summed E-state index contributed by atoms with van der Waals surface area (Å²) in [6.07, 6.45) is 3.32. The maximum absolute atomic E-state index is 11.8. The summed E-state index contributed by atoms with van der Waals surface area (Å²) in [4.78, 5) is 11.8. The molecule has 0 fully saturated rings. The monoisotopic (exact) mass is 440 g/mol. The van der Waals surface area contributed by atoms with Gasteiger partial charge in [-0.05, 0) is 55.8 Å². The summed E-state index contributed by atoms with van der Waals surface area (Å²) in [5.41, 5.74) is 1.89. The molecule has 1 heterocycles. The maximum atomic E-state index is 11.8. The Balaban J connectivity index is 2.38. The number of aryl methyl sites for hydroxylation is 1. The zero-order valence-electron chi connectivity index (χ0n) is 19.9. The van der Waals surface area contributed by atoms with Crippen LogP contribution in [0.3, 0.4) is 0 Å². The van der Waals surface area contributed by atoms with Crippen LogP contribution in [-0.4, -0.2) is 27.0 Å². The molecule has 0 saturated carbocycles. The standard InChI is InChI=1S/C25H34NO4Si/c1-9-28-23(27)16-15-21(30-31(7,8)25(3,4)5)17-19(2)22-18-26(6)24(29-22)20-13-11-10-12-14-20/h10-14,17-18,21H,9H2,1-8H3/q+1/b19-17-. The molecule has 0 saturated heterocycles. The van der Waals surface area contributed by atoms with Crippen LogP contribution in [0.4, 0.5) is 0 Å². The lowest BCUT2D eigenvalue weighted by atomic mass is 10.2. The largest absolute Gasteiger partial charge is 0.456 e. The summed E-state index contributed by atoms with van der Waals surface area (Å²) in [6.45, 7) is 14.8. The van der Waals surface area contributed by atoms with Gasteiger partial charge >= 0.3 is 11.9 Å². The van der Waals surface area contributed by atoms with Crippen molar-refractivity contribution in [3.63, 3.8) is 0 Å². The Bertz CT molecular complexity index is 988. The molecule has 166 valence electrons. The molecule has 1 aromatic carbocycles. The zero-order chi connectivity index (χ0) is 23.2. The first kappa shape index (κ1) is 24.6. The number of carbonyl (C=O) groups is 1. The number of rotatable bonds is 6. The van der Waals surface area contributed by atoms with E-state index in [1.807, 2.05) is 61.1 Å². The molecular formula is C25H34NO4Si+. The minimum Gasteiger partial charge on any atom is -0.456 e. The molecule has 2 rings (SSSR count). The lowest BCUT2D eigenvalue weighted by Crippen LogP contribution is -2.43. The Morgan fingerprint density at radius 3 is 2.48 bits per heavy atom. The fraction of sp³-hybridized carbons (Fsp3) is 0.440. The van der Waals surface area contributed by atoms with E-state index in [1.165, 1.54) is 0 Å². The van der Waals surface area contributed by atoms with Gasteiger partial charge in [-0.25, -0.2) is 4.79 Å². The molecule has 1 unspecified atom stereocenters. The van der Waals surface area contributed by atoms with E-state index in [1.54, 1.807) is 6.92 Å². The van der Waals surface area contributed by atoms with Crippen molar-refractivity contribution >= 4 is 19.9 Å². The maximum Gasteiger partial charge on any atom is 0.384 e. The zero-order valence-corrected chi connectivity index (χ0v) is 20.9. The SMILES string of the molecule is CCOC(=O)C#CC(/C=C(/C)c1c[n+](C)c(-c2ccccc2)o1)O[Si](C)(C)C(C)(C)C. The van der Waals surface area contributed by atoms with Gasteiger partial charge in [-0.1, -0.05) is 44.9 Å². The third kappa shape index (κ3) is 6.68. The highest BCUT2D eigenvalue weighted by molar-refractivity contribution is 6.74. The second-order valence-corrected chi connectivity index (χ2v) is 13.8. The van der Waals surface area contributed by atoms with Gasteiger partial charge < -0.3 is 13.6 Å². The van der Waals surface area contributed by atoms with Crippen LogP contribution in [0, 0.1) is 11.8 Å². The number of aromatic nitrogens is 1. The summed E-state index contributed by atoms with van der Waals surface area (Å²) in [5.74, 6) is 6.46. The summed E-state index contributed by atoms with van der Waals surface area (Å²) in [7, 11) is -0.168. The molecule has 0 bridgehead atoms. The van der Waals surface area contributed by atoms with E-state index >= 15 is 0 Å². The minimum absolute atomic E-state index is 0.0101. The number of ether oxygens (including phenoxy) is 1. The van der Waals surface area contributed by atoms with E-state index in [-0.39, 0.29) is 5.04 Å². The molecule has 0 radical (unpaired) electrons. The fourth-order valence-corrected chi connectivity index (χ4v) is 3.78. The van der Waals surface area contributed by atoms with Gasteiger partial charge in [-0.2, -0.15) is 4.57 Å². The van der Waals surface area contributed by atoms with Crippen LogP contribution in [0.2, 0.25) is 18.1 Å². The highest BCUT2D eigenvalue weighted by Crippen LogP contribution is 2.37. The fourth-order valence-electron chi connectivity index (χ4n) is 2.67. The van der Waals surface area contributed by atoms with Crippen molar-refractivity contribution in [1.29, 1.82) is 0 Å². The smallest absolute Gasteiger partial charge is 0.384 e. The van der Waals surface area contributed by atoms with Gasteiger partial charge in [0.15, 0.2) is 14.1 Å². The van der Waals surface area contributed by atoms with Crippen molar-refractivity contribution in [3.8, 4) is 23.3 Å². The van der Waals surface area contributed by atoms with Gasteiger partial charge in [-0.15, -0.1) is 0 Å². The van der Waals surface area contributed by atoms with Crippen LogP contribution in [-0.2, 0) is 21.0 Å². The van der Waals surface area contributed by atoms with E-state index in [4.69, 9.17) is 13.6 Å². The number of carbonyl (C=O) groups excluding carboxylic acids is 1. The molecule has 0 amide bonds. The Morgan fingerprint density at radius 1 is 1.26 bits per heavy atom. The second-order valence-electron chi connectivity index (χ2n) is 9.02. The van der Waals surface area contributed by atoms with E-state index in [9.17, 15) is 4.79 Å². The highest BCUT2D eigenvalue weighted by atomic mass is 28.4. The van der Waals surface area contributed by atoms with Gasteiger partial charge in [0.05, 0.1) is 12.2 Å². The van der Waals surface area contributed by atoms with Crippen molar-refractivity contribution in [2.24, 2.45) is 7.05 Å². The Morgan fingerprint density at radius 2 is 1.90 bits per heavy atom. The number of nitrogens with zero attached hydrogens (tertiary/aromatic N) is 1. The normalized spacial score (nSPS) is 13.4. The molecule has 2 aromatic rings. The molecule has 0 N–H and O–H groups in total. The van der Waals surface area contributed by atoms with Crippen molar-refractivity contribution in [3.05, 3.63) is 48.4 Å². The first-order valence-corrected chi connectivity index (χ1v) is 13.4. The minimum atomic E-state index is -2.12. The third-order valence-electron chi connectivity index (χ3n) is 5.47. The summed E-state index contributed by atoms with van der Waals surface area (Å²) >= 11 is 0. The van der Waals surface area contributed by atoms with Crippen LogP contribution >= 0.6 is 0 Å². The molecule has 0 aliphatic heterocycles. The van der Waals surface area contributed by atoms with E-state index in [0.717, 1.165) is 22.8 Å². The molecule has 31 heavy (non-hydrogen) atoms. The second kappa shape index (κ2) is 10.1.